The molecule has 4 nitrogen and oxygen atoms in total. The second-order valence-corrected chi connectivity index (χ2v) is 6.27. The molecule has 138 valence electrons. The van der Waals surface area contributed by atoms with Crippen LogP contribution in [0, 0.1) is 0 Å². The first-order valence-electron chi connectivity index (χ1n) is 7.93. The molecule has 0 fully saturated rings. The van der Waals surface area contributed by atoms with E-state index < -0.39 is 17.7 Å². The van der Waals surface area contributed by atoms with Crippen LogP contribution in [-0.4, -0.2) is 17.9 Å². The normalized spacial score (nSPS) is 12.3. The molecule has 0 aliphatic rings. The largest absolute Gasteiger partial charge is 0.462 e. The van der Waals surface area contributed by atoms with Crippen LogP contribution in [0.5, 0.6) is 0 Å². The fraction of sp³-hybridized carbons (Fsp3) is 0.263. The van der Waals surface area contributed by atoms with E-state index in [1.165, 1.54) is 9.12 Å². The third kappa shape index (κ3) is 5.63. The molecule has 0 aliphatic heterocycles. The van der Waals surface area contributed by atoms with Crippen LogP contribution in [-0.2, 0) is 14.1 Å². The van der Waals surface area contributed by atoms with Crippen LogP contribution in [0.3, 0.4) is 0 Å². The Balaban J connectivity index is 0.00000163. The monoisotopic (exact) mass is 413 g/mol. The van der Waals surface area contributed by atoms with Crippen molar-refractivity contribution >= 4 is 44.1 Å². The Kier molecular flexibility index (Phi) is 9.50. The Morgan fingerprint density at radius 1 is 1.00 bits per heavy atom. The molecule has 0 heterocycles. The standard InChI is InChI=1S/C19H18Cl2O3.H2OP/c1-3-12(2)24-19(23)16(13-8-5-4-6-9-13)18(22)17-14(20)10-7-11-15(17)21;1-2/h4-12,16H,3H2,1-2H3;2H2/q;+1. The van der Waals surface area contributed by atoms with Gasteiger partial charge in [0, 0.05) is 0 Å². The topological polar surface area (TPSA) is 60.4 Å². The van der Waals surface area contributed by atoms with Gasteiger partial charge in [0.1, 0.15) is 5.92 Å². The van der Waals surface area contributed by atoms with Gasteiger partial charge in [0.2, 0.25) is 0 Å². The summed E-state index contributed by atoms with van der Waals surface area (Å²) < 4.78 is 13.6. The maximum Gasteiger partial charge on any atom is 0.321 e. The van der Waals surface area contributed by atoms with Crippen molar-refractivity contribution < 1.29 is 18.9 Å². The predicted octanol–water partition coefficient (Wildman–Crippen LogP) is 5.51. The number of rotatable bonds is 6. The van der Waals surface area contributed by atoms with Gasteiger partial charge in [-0.1, -0.05) is 71.1 Å². The highest BCUT2D eigenvalue weighted by atomic mass is 35.5. The lowest BCUT2D eigenvalue weighted by molar-refractivity contribution is -0.148. The maximum atomic E-state index is 13.0. The summed E-state index contributed by atoms with van der Waals surface area (Å²) in [5.74, 6) is -2.17. The van der Waals surface area contributed by atoms with Crippen molar-refractivity contribution in [3.8, 4) is 0 Å². The molecule has 2 aromatic carbocycles. The summed E-state index contributed by atoms with van der Waals surface area (Å²) in [6.07, 6.45) is 0.382. The number of ether oxygens (including phenoxy) is 1. The van der Waals surface area contributed by atoms with E-state index in [4.69, 9.17) is 32.5 Å². The molecule has 0 radical (unpaired) electrons. The van der Waals surface area contributed by atoms with E-state index in [2.05, 4.69) is 0 Å². The van der Waals surface area contributed by atoms with Crippen molar-refractivity contribution in [2.75, 3.05) is 0 Å². The molecule has 0 saturated heterocycles. The Bertz CT molecular complexity index is 732. The molecule has 26 heavy (non-hydrogen) atoms. The highest BCUT2D eigenvalue weighted by Crippen LogP contribution is 2.31. The molecule has 3 unspecified atom stereocenters. The zero-order valence-corrected chi connectivity index (χ0v) is 17.1. The number of ketones is 1. The first-order valence-corrected chi connectivity index (χ1v) is 9.15. The van der Waals surface area contributed by atoms with E-state index in [-0.39, 0.29) is 21.7 Å². The van der Waals surface area contributed by atoms with Crippen molar-refractivity contribution in [1.29, 1.82) is 0 Å². The highest BCUT2D eigenvalue weighted by Gasteiger charge is 2.33. The number of Topliss-reactive ketones (excluding diaryl/α,β-unsaturated/α-hetero) is 1. The Labute approximate surface area is 165 Å². The lowest BCUT2D eigenvalue weighted by atomic mass is 9.90. The molecule has 0 amide bonds. The van der Waals surface area contributed by atoms with E-state index in [9.17, 15) is 9.59 Å². The molecular weight excluding hydrogens is 394 g/mol. The minimum Gasteiger partial charge on any atom is -0.462 e. The molecule has 0 N–H and O–H groups in total. The molecule has 2 aromatic rings. The summed E-state index contributed by atoms with van der Waals surface area (Å²) in [6.45, 7) is 3.69. The van der Waals surface area contributed by atoms with Crippen molar-refractivity contribution in [2.45, 2.75) is 32.3 Å². The number of benzene rings is 2. The minimum absolute atomic E-state index is 0.135. The van der Waals surface area contributed by atoms with Gasteiger partial charge in [-0.25, -0.2) is 0 Å². The SMILES string of the molecule is CCC(C)OC(=O)C(C(=O)c1c(Cl)cccc1Cl)c1ccccc1.O=[PH2+]. The smallest absolute Gasteiger partial charge is 0.321 e. The van der Waals surface area contributed by atoms with E-state index >= 15 is 0 Å². The van der Waals surface area contributed by atoms with E-state index in [1.54, 1.807) is 49.4 Å². The summed E-state index contributed by atoms with van der Waals surface area (Å²) in [4.78, 5) is 25.6. The van der Waals surface area contributed by atoms with Crippen LogP contribution >= 0.6 is 32.3 Å². The van der Waals surface area contributed by atoms with Gasteiger partial charge in [0.05, 0.1) is 21.7 Å². The van der Waals surface area contributed by atoms with Crippen molar-refractivity contribution in [2.24, 2.45) is 0 Å². The number of carbonyl (C=O) groups excluding carboxylic acids is 2. The van der Waals surface area contributed by atoms with Gasteiger partial charge in [-0.2, -0.15) is 0 Å². The maximum absolute atomic E-state index is 13.0. The van der Waals surface area contributed by atoms with Gasteiger partial charge >= 0.3 is 15.1 Å². The summed E-state index contributed by atoms with van der Waals surface area (Å²) in [5, 5.41) is 0.426. The fourth-order valence-electron chi connectivity index (χ4n) is 2.27. The van der Waals surface area contributed by atoms with E-state index in [0.717, 1.165) is 0 Å². The summed E-state index contributed by atoms with van der Waals surface area (Å²) in [6, 6.07) is 13.6. The summed E-state index contributed by atoms with van der Waals surface area (Å²) in [7, 11) is 1.17. The van der Waals surface area contributed by atoms with Crippen molar-refractivity contribution in [3.05, 3.63) is 69.7 Å². The van der Waals surface area contributed by atoms with Crippen molar-refractivity contribution in [3.63, 3.8) is 0 Å². The fourth-order valence-corrected chi connectivity index (χ4v) is 2.85. The van der Waals surface area contributed by atoms with Gasteiger partial charge in [0.15, 0.2) is 5.78 Å². The third-order valence-corrected chi connectivity index (χ3v) is 4.36. The van der Waals surface area contributed by atoms with Crippen LogP contribution in [0.2, 0.25) is 10.0 Å². The number of esters is 1. The molecule has 0 spiro atoms. The van der Waals surface area contributed by atoms with Gasteiger partial charge in [-0.3, -0.25) is 9.59 Å². The van der Waals surface area contributed by atoms with Crippen LogP contribution in [0.15, 0.2) is 48.5 Å². The second kappa shape index (κ2) is 11.1. The Hall–Kier alpha value is -1.74. The van der Waals surface area contributed by atoms with E-state index in [1.807, 2.05) is 13.0 Å². The Morgan fingerprint density at radius 3 is 2.04 bits per heavy atom. The third-order valence-electron chi connectivity index (χ3n) is 3.73. The summed E-state index contributed by atoms with van der Waals surface area (Å²) >= 11 is 12.3. The number of hydrogen-bond donors (Lipinski definition) is 0. The summed E-state index contributed by atoms with van der Waals surface area (Å²) in [5.41, 5.74) is 0.683. The lowest BCUT2D eigenvalue weighted by Gasteiger charge is -2.19. The molecule has 0 saturated carbocycles. The molecule has 0 bridgehead atoms. The number of carbonyl (C=O) groups is 2. The van der Waals surface area contributed by atoms with Crippen LogP contribution in [0.1, 0.15) is 42.1 Å². The molecule has 3 atom stereocenters. The van der Waals surface area contributed by atoms with Crippen LogP contribution < -0.4 is 0 Å². The lowest BCUT2D eigenvalue weighted by Crippen LogP contribution is -2.27. The average molecular weight is 414 g/mol. The van der Waals surface area contributed by atoms with E-state index in [0.29, 0.717) is 12.0 Å². The number of halogens is 2. The molecular formula is C19H20Cl2O4P+. The quantitative estimate of drug-likeness (QED) is 0.271. The van der Waals surface area contributed by atoms with Crippen LogP contribution in [0.25, 0.3) is 0 Å². The molecule has 0 aromatic heterocycles. The molecule has 7 heteroatoms. The van der Waals surface area contributed by atoms with Gasteiger partial charge in [-0.15, -0.1) is 0 Å². The second-order valence-electron chi connectivity index (χ2n) is 5.46. The highest BCUT2D eigenvalue weighted by molar-refractivity contribution is 7.00. The zero-order valence-electron chi connectivity index (χ0n) is 14.4. The van der Waals surface area contributed by atoms with Crippen LogP contribution in [0.4, 0.5) is 0 Å². The Morgan fingerprint density at radius 2 is 1.54 bits per heavy atom. The molecule has 2 rings (SSSR count). The van der Waals surface area contributed by atoms with Gasteiger partial charge in [-0.05, 0) is 31.0 Å². The first kappa shape index (κ1) is 22.3. The zero-order chi connectivity index (χ0) is 19.7. The number of hydrogen-bond acceptors (Lipinski definition) is 4. The van der Waals surface area contributed by atoms with Gasteiger partial charge in [0.25, 0.3) is 0 Å². The van der Waals surface area contributed by atoms with Crippen molar-refractivity contribution in [1.82, 2.24) is 0 Å². The minimum atomic E-state index is -1.10. The first-order chi connectivity index (χ1) is 12.5. The average Bonchev–Trinajstić information content (AvgIpc) is 2.64. The molecule has 0 aliphatic carbocycles. The van der Waals surface area contributed by atoms with Gasteiger partial charge < -0.3 is 4.74 Å². The predicted molar refractivity (Wildman–Crippen MR) is 106 cm³/mol.